The summed E-state index contributed by atoms with van der Waals surface area (Å²) < 4.78 is 13.8. The first-order chi connectivity index (χ1) is 17.1. The summed E-state index contributed by atoms with van der Waals surface area (Å²) in [5, 5.41) is 13.9. The normalized spacial score (nSPS) is 21.3. The minimum atomic E-state index is -0.0483. The van der Waals surface area contributed by atoms with Crippen molar-refractivity contribution < 1.29 is 9.47 Å². The first kappa shape index (κ1) is 24.1. The van der Waals surface area contributed by atoms with Crippen LogP contribution in [0.1, 0.15) is 68.4 Å². The maximum Gasteiger partial charge on any atom is 0.252 e. The lowest BCUT2D eigenvalue weighted by atomic mass is 10.0. The van der Waals surface area contributed by atoms with Crippen molar-refractivity contribution in [1.29, 1.82) is 0 Å². The van der Waals surface area contributed by atoms with E-state index in [9.17, 15) is 4.79 Å². The van der Waals surface area contributed by atoms with Crippen molar-refractivity contribution in [3.8, 4) is 0 Å². The molecule has 0 radical (unpaired) electrons. The van der Waals surface area contributed by atoms with Crippen LogP contribution in [0.2, 0.25) is 0 Å². The zero-order valence-corrected chi connectivity index (χ0v) is 20.8. The SMILES string of the molecule is CCC[C@H](c1nnnn1C[C@H]1CCCO1)N(Cc1cc2cc(C)ccc2[nH]c1=O)C[C@@H]1CCCO1. The molecule has 188 valence electrons. The van der Waals surface area contributed by atoms with Crippen LogP contribution in [0, 0.1) is 6.92 Å². The smallest absolute Gasteiger partial charge is 0.252 e. The van der Waals surface area contributed by atoms with Crippen molar-refractivity contribution in [2.75, 3.05) is 19.8 Å². The maximum absolute atomic E-state index is 13.1. The molecule has 0 spiro atoms. The predicted molar refractivity (Wildman–Crippen MR) is 133 cm³/mol. The van der Waals surface area contributed by atoms with E-state index < -0.39 is 0 Å². The third-order valence-electron chi connectivity index (χ3n) is 7.17. The van der Waals surface area contributed by atoms with E-state index in [1.165, 1.54) is 5.56 Å². The van der Waals surface area contributed by atoms with Crippen LogP contribution >= 0.6 is 0 Å². The highest BCUT2D eigenvalue weighted by atomic mass is 16.5. The highest BCUT2D eigenvalue weighted by Gasteiger charge is 2.31. The lowest BCUT2D eigenvalue weighted by Gasteiger charge is -2.32. The van der Waals surface area contributed by atoms with E-state index >= 15 is 0 Å². The number of aryl methyl sites for hydroxylation is 1. The van der Waals surface area contributed by atoms with Gasteiger partial charge >= 0.3 is 0 Å². The van der Waals surface area contributed by atoms with Gasteiger partial charge in [0.2, 0.25) is 0 Å². The molecule has 9 heteroatoms. The molecule has 2 aliphatic rings. The summed E-state index contributed by atoms with van der Waals surface area (Å²) in [5.74, 6) is 0.841. The highest BCUT2D eigenvalue weighted by molar-refractivity contribution is 5.79. The van der Waals surface area contributed by atoms with Gasteiger partial charge in [0, 0.05) is 37.4 Å². The first-order valence-corrected chi connectivity index (χ1v) is 13.0. The number of aromatic amines is 1. The second-order valence-corrected chi connectivity index (χ2v) is 9.94. The van der Waals surface area contributed by atoms with E-state index in [1.54, 1.807) is 0 Å². The Morgan fingerprint density at radius 3 is 2.71 bits per heavy atom. The number of nitrogens with zero attached hydrogens (tertiary/aromatic N) is 5. The molecule has 4 heterocycles. The third kappa shape index (κ3) is 5.63. The van der Waals surface area contributed by atoms with E-state index in [-0.39, 0.29) is 23.8 Å². The number of aromatic nitrogens is 5. The molecule has 2 aromatic heterocycles. The van der Waals surface area contributed by atoms with Crippen LogP contribution in [0.4, 0.5) is 0 Å². The molecule has 9 nitrogen and oxygen atoms in total. The molecule has 0 amide bonds. The summed E-state index contributed by atoms with van der Waals surface area (Å²) in [5.41, 5.74) is 2.73. The topological polar surface area (TPSA) is 98.2 Å². The van der Waals surface area contributed by atoms with E-state index in [1.807, 2.05) is 22.9 Å². The van der Waals surface area contributed by atoms with E-state index in [0.717, 1.165) is 80.6 Å². The molecule has 1 aromatic carbocycles. The number of hydrogen-bond donors (Lipinski definition) is 1. The molecule has 0 aliphatic carbocycles. The molecule has 35 heavy (non-hydrogen) atoms. The molecule has 2 aliphatic heterocycles. The Hall–Kier alpha value is -2.62. The van der Waals surface area contributed by atoms with Gasteiger partial charge in [-0.25, -0.2) is 4.68 Å². The van der Waals surface area contributed by atoms with Gasteiger partial charge in [-0.1, -0.05) is 25.0 Å². The van der Waals surface area contributed by atoms with E-state index in [0.29, 0.717) is 13.1 Å². The molecule has 3 atom stereocenters. The fourth-order valence-corrected chi connectivity index (χ4v) is 5.37. The van der Waals surface area contributed by atoms with Gasteiger partial charge in [0.25, 0.3) is 5.56 Å². The van der Waals surface area contributed by atoms with Gasteiger partial charge in [0.1, 0.15) is 0 Å². The predicted octanol–water partition coefficient (Wildman–Crippen LogP) is 3.52. The third-order valence-corrected chi connectivity index (χ3v) is 7.17. The minimum absolute atomic E-state index is 0.0202. The standard InChI is InChI=1S/C26H36N6O3/c1-3-6-24(25-28-29-30-32(25)17-22-8-5-12-35-22)31(16-21-7-4-11-34-21)15-20-14-19-13-18(2)9-10-23(19)27-26(20)33/h9-10,13-14,21-22,24H,3-8,11-12,15-17H2,1-2H3,(H,27,33)/t21-,22+,24+/m0/s1. The van der Waals surface area contributed by atoms with E-state index in [4.69, 9.17) is 9.47 Å². The van der Waals surface area contributed by atoms with Crippen molar-refractivity contribution in [3.63, 3.8) is 0 Å². The van der Waals surface area contributed by atoms with Gasteiger partial charge in [-0.15, -0.1) is 5.10 Å². The summed E-state index contributed by atoms with van der Waals surface area (Å²) in [4.78, 5) is 18.5. The Kier molecular flexibility index (Phi) is 7.55. The number of benzene rings is 1. The molecule has 0 unspecified atom stereocenters. The number of rotatable bonds is 10. The van der Waals surface area contributed by atoms with Crippen molar-refractivity contribution in [1.82, 2.24) is 30.1 Å². The van der Waals surface area contributed by atoms with Crippen LogP contribution in [0.15, 0.2) is 29.1 Å². The van der Waals surface area contributed by atoms with Crippen molar-refractivity contribution in [3.05, 3.63) is 51.6 Å². The van der Waals surface area contributed by atoms with Crippen molar-refractivity contribution in [2.45, 2.75) is 83.7 Å². The van der Waals surface area contributed by atoms with Crippen molar-refractivity contribution in [2.24, 2.45) is 0 Å². The number of pyridine rings is 1. The van der Waals surface area contributed by atoms with Gasteiger partial charge in [0.05, 0.1) is 24.8 Å². The van der Waals surface area contributed by atoms with Crippen LogP contribution in [0.5, 0.6) is 0 Å². The molecule has 0 bridgehead atoms. The summed E-state index contributed by atoms with van der Waals surface area (Å²) in [6, 6.07) is 8.12. The number of fused-ring (bicyclic) bond motifs is 1. The van der Waals surface area contributed by atoms with Crippen LogP contribution in [0.3, 0.4) is 0 Å². The zero-order valence-electron chi connectivity index (χ0n) is 20.8. The first-order valence-electron chi connectivity index (χ1n) is 13.0. The second kappa shape index (κ2) is 11.0. The Morgan fingerprint density at radius 1 is 1.17 bits per heavy atom. The average molecular weight is 481 g/mol. The average Bonchev–Trinajstić information content (AvgIpc) is 3.62. The fraction of sp³-hybridized carbons (Fsp3) is 0.615. The quantitative estimate of drug-likeness (QED) is 0.474. The fourth-order valence-electron chi connectivity index (χ4n) is 5.37. The number of H-pyrrole nitrogens is 1. The lowest BCUT2D eigenvalue weighted by Crippen LogP contribution is -2.38. The van der Waals surface area contributed by atoms with Gasteiger partial charge in [-0.05, 0) is 73.0 Å². The summed E-state index contributed by atoms with van der Waals surface area (Å²) >= 11 is 0. The Bertz CT molecular complexity index is 1180. The molecule has 1 N–H and O–H groups in total. The number of ether oxygens (including phenoxy) is 2. The van der Waals surface area contributed by atoms with Crippen LogP contribution in [0.25, 0.3) is 10.9 Å². The molecular weight excluding hydrogens is 444 g/mol. The monoisotopic (exact) mass is 480 g/mol. The molecule has 5 rings (SSSR count). The molecule has 2 saturated heterocycles. The Labute approximate surface area is 205 Å². The van der Waals surface area contributed by atoms with Gasteiger partial charge < -0.3 is 14.5 Å². The Balaban J connectivity index is 1.47. The highest BCUT2D eigenvalue weighted by Crippen LogP contribution is 2.29. The maximum atomic E-state index is 13.1. The van der Waals surface area contributed by atoms with E-state index in [2.05, 4.69) is 45.3 Å². The summed E-state index contributed by atoms with van der Waals surface area (Å²) in [6.45, 7) is 7.75. The Morgan fingerprint density at radius 2 is 1.97 bits per heavy atom. The van der Waals surface area contributed by atoms with Gasteiger partial charge in [0.15, 0.2) is 5.82 Å². The number of hydrogen-bond acceptors (Lipinski definition) is 7. The van der Waals surface area contributed by atoms with Crippen LogP contribution < -0.4 is 5.56 Å². The molecular formula is C26H36N6O3. The van der Waals surface area contributed by atoms with Gasteiger partial charge in [-0.3, -0.25) is 9.69 Å². The summed E-state index contributed by atoms with van der Waals surface area (Å²) in [6.07, 6.45) is 6.39. The molecule has 3 aromatic rings. The minimum Gasteiger partial charge on any atom is -0.377 e. The van der Waals surface area contributed by atoms with Crippen molar-refractivity contribution >= 4 is 10.9 Å². The lowest BCUT2D eigenvalue weighted by molar-refractivity contribution is 0.0457. The summed E-state index contributed by atoms with van der Waals surface area (Å²) in [7, 11) is 0. The van der Waals surface area contributed by atoms with Crippen LogP contribution in [-0.4, -0.2) is 62.1 Å². The molecule has 2 fully saturated rings. The van der Waals surface area contributed by atoms with Gasteiger partial charge in [-0.2, -0.15) is 0 Å². The second-order valence-electron chi connectivity index (χ2n) is 9.94. The van der Waals surface area contributed by atoms with Crippen LogP contribution in [-0.2, 0) is 22.6 Å². The number of tetrazole rings is 1. The number of nitrogens with one attached hydrogen (secondary N) is 1. The zero-order chi connectivity index (χ0) is 24.2. The largest absolute Gasteiger partial charge is 0.377 e. The molecule has 0 saturated carbocycles.